The number of halogens is 2. The Balaban J connectivity index is 1.72. The van der Waals surface area contributed by atoms with Crippen LogP contribution < -0.4 is 9.64 Å². The number of carbonyl (C=O) groups is 1. The second-order valence-corrected chi connectivity index (χ2v) is 6.15. The van der Waals surface area contributed by atoms with E-state index in [1.54, 1.807) is 23.1 Å². The van der Waals surface area contributed by atoms with Gasteiger partial charge in [-0.25, -0.2) is 0 Å². The zero-order chi connectivity index (χ0) is 15.7. The van der Waals surface area contributed by atoms with Crippen LogP contribution in [0.4, 0.5) is 5.69 Å². The van der Waals surface area contributed by atoms with Crippen molar-refractivity contribution in [2.75, 3.05) is 11.5 Å². The van der Waals surface area contributed by atoms with Crippen LogP contribution in [0, 0.1) is 0 Å². The van der Waals surface area contributed by atoms with E-state index >= 15 is 0 Å². The Morgan fingerprint density at radius 2 is 2.05 bits per heavy atom. The van der Waals surface area contributed by atoms with Gasteiger partial charge in [0.25, 0.3) is 5.91 Å². The van der Waals surface area contributed by atoms with Crippen LogP contribution >= 0.6 is 23.2 Å². The summed E-state index contributed by atoms with van der Waals surface area (Å²) in [5.74, 6) is 0.378. The molecule has 0 saturated carbocycles. The van der Waals surface area contributed by atoms with Crippen LogP contribution in [0.2, 0.25) is 10.0 Å². The molecule has 1 amide bonds. The Morgan fingerprint density at radius 1 is 1.27 bits per heavy atom. The highest BCUT2D eigenvalue weighted by atomic mass is 35.5. The third-order valence-corrected chi connectivity index (χ3v) is 4.25. The molecule has 0 saturated heterocycles. The average molecular weight is 336 g/mol. The summed E-state index contributed by atoms with van der Waals surface area (Å²) in [6.07, 6.45) is 0.865. The van der Waals surface area contributed by atoms with Crippen molar-refractivity contribution in [3.63, 3.8) is 0 Å². The molecule has 3 rings (SSSR count). The number of hydrogen-bond donors (Lipinski definition) is 0. The number of fused-ring (bicyclic) bond motifs is 1. The monoisotopic (exact) mass is 335 g/mol. The van der Waals surface area contributed by atoms with Crippen molar-refractivity contribution >= 4 is 34.8 Å². The molecule has 0 N–H and O–H groups in total. The van der Waals surface area contributed by atoms with Gasteiger partial charge >= 0.3 is 0 Å². The molecule has 0 unspecified atom stereocenters. The maximum absolute atomic E-state index is 12.5. The van der Waals surface area contributed by atoms with Crippen molar-refractivity contribution < 1.29 is 9.53 Å². The molecule has 5 heteroatoms. The Kier molecular flexibility index (Phi) is 4.27. The second-order valence-electron chi connectivity index (χ2n) is 5.31. The number of nitrogens with zero attached hydrogens (tertiary/aromatic N) is 1. The lowest BCUT2D eigenvalue weighted by Crippen LogP contribution is -2.39. The van der Waals surface area contributed by atoms with Gasteiger partial charge in [-0.15, -0.1) is 0 Å². The molecule has 22 heavy (non-hydrogen) atoms. The van der Waals surface area contributed by atoms with Crippen molar-refractivity contribution in [3.05, 3.63) is 58.1 Å². The number of ether oxygens (including phenoxy) is 1. The second kappa shape index (κ2) is 6.19. The van der Waals surface area contributed by atoms with Gasteiger partial charge in [0.2, 0.25) is 0 Å². The van der Waals surface area contributed by atoms with Crippen LogP contribution in [0.1, 0.15) is 12.5 Å². The highest BCUT2D eigenvalue weighted by Gasteiger charge is 2.30. The first-order chi connectivity index (χ1) is 10.6. The summed E-state index contributed by atoms with van der Waals surface area (Å²) in [5.41, 5.74) is 2.15. The van der Waals surface area contributed by atoms with Crippen LogP contribution in [-0.2, 0) is 11.2 Å². The van der Waals surface area contributed by atoms with Gasteiger partial charge in [-0.05, 0) is 43.2 Å². The standard InChI is InChI=1S/C17H15Cl2NO2/c1-11-8-12-4-2-3-5-15(12)20(11)17(21)10-22-16-7-6-13(18)9-14(16)19/h2-7,9,11H,8,10H2,1H3/t11-/m1/s1. The van der Waals surface area contributed by atoms with Gasteiger partial charge in [0.1, 0.15) is 5.75 Å². The van der Waals surface area contributed by atoms with Gasteiger partial charge in [0, 0.05) is 16.8 Å². The summed E-state index contributed by atoms with van der Waals surface area (Å²) in [5, 5.41) is 0.931. The molecule has 1 atom stereocenters. The molecule has 0 aliphatic carbocycles. The number of hydrogen-bond acceptors (Lipinski definition) is 2. The number of anilines is 1. The quantitative estimate of drug-likeness (QED) is 0.834. The summed E-state index contributed by atoms with van der Waals surface area (Å²) >= 11 is 11.9. The van der Waals surface area contributed by atoms with E-state index in [9.17, 15) is 4.79 Å². The van der Waals surface area contributed by atoms with Crippen molar-refractivity contribution in [3.8, 4) is 5.75 Å². The Labute approximate surface area is 139 Å². The van der Waals surface area contributed by atoms with E-state index in [2.05, 4.69) is 6.07 Å². The Morgan fingerprint density at radius 3 is 2.82 bits per heavy atom. The zero-order valence-corrected chi connectivity index (χ0v) is 13.6. The first kappa shape index (κ1) is 15.2. The number of para-hydroxylation sites is 1. The summed E-state index contributed by atoms with van der Waals surface area (Å²) < 4.78 is 5.55. The van der Waals surface area contributed by atoms with Crippen LogP contribution in [0.5, 0.6) is 5.75 Å². The molecule has 2 aromatic carbocycles. The van der Waals surface area contributed by atoms with E-state index in [1.807, 2.05) is 25.1 Å². The van der Waals surface area contributed by atoms with Crippen LogP contribution in [0.15, 0.2) is 42.5 Å². The number of rotatable bonds is 3. The van der Waals surface area contributed by atoms with Gasteiger partial charge in [-0.2, -0.15) is 0 Å². The lowest BCUT2D eigenvalue weighted by Gasteiger charge is -2.22. The van der Waals surface area contributed by atoms with Gasteiger partial charge in [0.15, 0.2) is 6.61 Å². The average Bonchev–Trinajstić information content (AvgIpc) is 2.82. The van der Waals surface area contributed by atoms with Crippen molar-refractivity contribution in [1.29, 1.82) is 0 Å². The number of carbonyl (C=O) groups excluding carboxylic acids is 1. The lowest BCUT2D eigenvalue weighted by atomic mass is 10.1. The van der Waals surface area contributed by atoms with Crippen LogP contribution in [0.3, 0.4) is 0 Å². The van der Waals surface area contributed by atoms with E-state index in [0.29, 0.717) is 15.8 Å². The first-order valence-corrected chi connectivity index (χ1v) is 7.79. The third kappa shape index (κ3) is 2.92. The van der Waals surface area contributed by atoms with Crippen molar-refractivity contribution in [2.24, 2.45) is 0 Å². The molecule has 0 bridgehead atoms. The van der Waals surface area contributed by atoms with Crippen LogP contribution in [0.25, 0.3) is 0 Å². The summed E-state index contributed by atoms with van der Waals surface area (Å²) in [7, 11) is 0. The minimum atomic E-state index is -0.0801. The largest absolute Gasteiger partial charge is 0.482 e. The molecule has 0 spiro atoms. The van der Waals surface area contributed by atoms with Gasteiger partial charge in [0.05, 0.1) is 5.02 Å². The molecule has 1 aliphatic rings. The Bertz CT molecular complexity index is 718. The third-order valence-electron chi connectivity index (χ3n) is 3.72. The number of benzene rings is 2. The highest BCUT2D eigenvalue weighted by molar-refractivity contribution is 6.35. The maximum atomic E-state index is 12.5. The van der Waals surface area contributed by atoms with E-state index in [1.165, 1.54) is 5.56 Å². The molecule has 1 heterocycles. The topological polar surface area (TPSA) is 29.5 Å². The maximum Gasteiger partial charge on any atom is 0.265 e. The van der Waals surface area contributed by atoms with Crippen molar-refractivity contribution in [2.45, 2.75) is 19.4 Å². The molecular weight excluding hydrogens is 321 g/mol. The van der Waals surface area contributed by atoms with Gasteiger partial charge < -0.3 is 9.64 Å². The fourth-order valence-corrected chi connectivity index (χ4v) is 3.21. The Hall–Kier alpha value is -1.71. The molecule has 0 fully saturated rings. The number of amides is 1. The van der Waals surface area contributed by atoms with E-state index in [-0.39, 0.29) is 18.6 Å². The van der Waals surface area contributed by atoms with E-state index in [4.69, 9.17) is 27.9 Å². The summed E-state index contributed by atoms with van der Waals surface area (Å²) in [6.45, 7) is 1.98. The highest BCUT2D eigenvalue weighted by Crippen LogP contribution is 2.32. The molecular formula is C17H15Cl2NO2. The molecule has 0 radical (unpaired) electrons. The fraction of sp³-hybridized carbons (Fsp3) is 0.235. The molecule has 114 valence electrons. The minimum Gasteiger partial charge on any atom is -0.482 e. The zero-order valence-electron chi connectivity index (χ0n) is 12.1. The lowest BCUT2D eigenvalue weighted by molar-refractivity contribution is -0.120. The normalized spacial score (nSPS) is 16.5. The van der Waals surface area contributed by atoms with Gasteiger partial charge in [-0.1, -0.05) is 41.4 Å². The summed E-state index contributed by atoms with van der Waals surface area (Å²) in [4.78, 5) is 14.3. The predicted octanol–water partition coefficient (Wildman–Crippen LogP) is 4.35. The van der Waals surface area contributed by atoms with Gasteiger partial charge in [-0.3, -0.25) is 4.79 Å². The molecule has 2 aromatic rings. The SMILES string of the molecule is C[C@@H]1Cc2ccccc2N1C(=O)COc1ccc(Cl)cc1Cl. The fourth-order valence-electron chi connectivity index (χ4n) is 2.75. The molecule has 3 nitrogen and oxygen atoms in total. The van der Waals surface area contributed by atoms with E-state index in [0.717, 1.165) is 12.1 Å². The van der Waals surface area contributed by atoms with Crippen LogP contribution in [-0.4, -0.2) is 18.6 Å². The predicted molar refractivity (Wildman–Crippen MR) is 89.1 cm³/mol. The summed E-state index contributed by atoms with van der Waals surface area (Å²) in [6, 6.07) is 13.0. The first-order valence-electron chi connectivity index (χ1n) is 7.04. The minimum absolute atomic E-state index is 0.0555. The molecule has 0 aromatic heterocycles. The molecule has 1 aliphatic heterocycles. The van der Waals surface area contributed by atoms with E-state index < -0.39 is 0 Å². The van der Waals surface area contributed by atoms with Crippen molar-refractivity contribution in [1.82, 2.24) is 0 Å². The smallest absolute Gasteiger partial charge is 0.265 e.